The number of nitro groups is 1. The van der Waals surface area contributed by atoms with Crippen LogP contribution in [0.2, 0.25) is 0 Å². The molecule has 0 spiro atoms. The second kappa shape index (κ2) is 10.6. The minimum Gasteiger partial charge on any atom is -0.367 e. The second-order valence-corrected chi connectivity index (χ2v) is 11.0. The van der Waals surface area contributed by atoms with Crippen molar-refractivity contribution in [2.75, 3.05) is 64.1 Å². The van der Waals surface area contributed by atoms with Crippen LogP contribution in [0.3, 0.4) is 0 Å². The van der Waals surface area contributed by atoms with E-state index in [9.17, 15) is 26.9 Å². The van der Waals surface area contributed by atoms with Crippen LogP contribution in [-0.2, 0) is 24.3 Å². The third-order valence-corrected chi connectivity index (χ3v) is 7.48. The zero-order chi connectivity index (χ0) is 24.1. The Kier molecular flexibility index (Phi) is 8.60. The molecule has 2 rings (SSSR count). The molecule has 1 aromatic rings. The van der Waals surface area contributed by atoms with Gasteiger partial charge in [0.15, 0.2) is 0 Å². The van der Waals surface area contributed by atoms with Gasteiger partial charge >= 0.3 is 0 Å². The highest BCUT2D eigenvalue weighted by atomic mass is 32.2. The van der Waals surface area contributed by atoms with Crippen LogP contribution in [0.15, 0.2) is 17.0 Å². The number of likely N-dealkylation sites (N-methyl/N-ethyl adjacent to an activating group) is 1. The van der Waals surface area contributed by atoms with Gasteiger partial charge in [-0.2, -0.15) is 12.7 Å². The lowest BCUT2D eigenvalue weighted by Crippen LogP contribution is -2.47. The van der Waals surface area contributed by atoms with Crippen molar-refractivity contribution in [2.45, 2.75) is 18.2 Å². The quantitative estimate of drug-likeness (QED) is 0.202. The largest absolute Gasteiger partial charge is 0.367 e. The highest BCUT2D eigenvalue weighted by Crippen LogP contribution is 2.35. The van der Waals surface area contributed by atoms with Gasteiger partial charge in [-0.3, -0.25) is 14.3 Å². The molecule has 1 saturated heterocycles. The minimum atomic E-state index is -4.12. The van der Waals surface area contributed by atoms with E-state index in [2.05, 4.69) is 5.92 Å². The van der Waals surface area contributed by atoms with Crippen molar-refractivity contribution in [3.63, 3.8) is 0 Å². The fourth-order valence-electron chi connectivity index (χ4n) is 3.40. The van der Waals surface area contributed by atoms with E-state index in [0.29, 0.717) is 26.1 Å². The Morgan fingerprint density at radius 3 is 2.31 bits per heavy atom. The average Bonchev–Trinajstić information content (AvgIpc) is 2.71. The van der Waals surface area contributed by atoms with E-state index < -0.39 is 30.8 Å². The summed E-state index contributed by atoms with van der Waals surface area (Å²) in [7, 11) is -5.94. The molecule has 32 heavy (non-hydrogen) atoms. The molecule has 0 amide bonds. The number of nitrogens with zero attached hydrogens (tertiary/aromatic N) is 4. The molecule has 0 unspecified atom stereocenters. The number of piperazine rings is 1. The lowest BCUT2D eigenvalue weighted by Gasteiger charge is -2.33. The Balaban J connectivity index is 2.63. The molecule has 0 bridgehead atoms. The Bertz CT molecular complexity index is 1090. The van der Waals surface area contributed by atoms with Crippen molar-refractivity contribution in [2.24, 2.45) is 0 Å². The van der Waals surface area contributed by atoms with Crippen LogP contribution in [0.1, 0.15) is 18.9 Å². The Morgan fingerprint density at radius 2 is 1.81 bits per heavy atom. The van der Waals surface area contributed by atoms with Crippen LogP contribution in [0.4, 0.5) is 11.4 Å². The molecule has 0 aliphatic carbocycles. The van der Waals surface area contributed by atoms with Gasteiger partial charge in [-0.15, -0.1) is 6.42 Å². The zero-order valence-electron chi connectivity index (χ0n) is 18.4. The molecule has 0 aromatic heterocycles. The molecule has 0 atom stereocenters. The third kappa shape index (κ3) is 6.39. The maximum atomic E-state index is 13.6. The highest BCUT2D eigenvalue weighted by molar-refractivity contribution is 7.89. The van der Waals surface area contributed by atoms with Gasteiger partial charge in [0.25, 0.3) is 15.8 Å². The van der Waals surface area contributed by atoms with Crippen LogP contribution < -0.4 is 4.90 Å². The predicted octanol–water partition coefficient (Wildman–Crippen LogP) is 0.705. The van der Waals surface area contributed by atoms with Gasteiger partial charge in [0.05, 0.1) is 29.0 Å². The summed E-state index contributed by atoms with van der Waals surface area (Å²) >= 11 is 0. The van der Waals surface area contributed by atoms with Gasteiger partial charge in [0.1, 0.15) is 4.90 Å². The summed E-state index contributed by atoms with van der Waals surface area (Å²) in [5.74, 6) is 2.36. The fourth-order valence-corrected chi connectivity index (χ4v) is 5.46. The highest BCUT2D eigenvalue weighted by Gasteiger charge is 2.34. The van der Waals surface area contributed by atoms with E-state index in [-0.39, 0.29) is 42.4 Å². The van der Waals surface area contributed by atoms with E-state index in [1.54, 1.807) is 4.90 Å². The third-order valence-electron chi connectivity index (χ3n) is 4.97. The molecule has 178 valence electrons. The zero-order valence-corrected chi connectivity index (χ0v) is 20.0. The number of non-ortho nitro benzene ring substituents is 1. The summed E-state index contributed by atoms with van der Waals surface area (Å²) in [6.07, 6.45) is 7.13. The number of nitro benzene ring substituents is 1. The lowest BCUT2D eigenvalue weighted by atomic mass is 10.1. The Hall–Kier alpha value is -2.24. The number of sulfonamides is 1. The minimum absolute atomic E-state index is 0.0264. The first kappa shape index (κ1) is 26.0. The van der Waals surface area contributed by atoms with Crippen molar-refractivity contribution < 1.29 is 25.9 Å². The van der Waals surface area contributed by atoms with E-state index >= 15 is 0 Å². The van der Waals surface area contributed by atoms with Gasteiger partial charge in [0.2, 0.25) is 10.0 Å². The Morgan fingerprint density at radius 1 is 1.19 bits per heavy atom. The monoisotopic (exact) mass is 488 g/mol. The summed E-state index contributed by atoms with van der Waals surface area (Å²) < 4.78 is 55.9. The number of benzene rings is 1. The predicted molar refractivity (Wildman–Crippen MR) is 121 cm³/mol. The van der Waals surface area contributed by atoms with Crippen LogP contribution in [0.25, 0.3) is 0 Å². The molecular weight excluding hydrogens is 460 g/mol. The number of hydrogen-bond acceptors (Lipinski definition) is 9. The number of hydrogen-bond donors (Lipinski definition) is 0. The van der Waals surface area contributed by atoms with Gasteiger partial charge in [-0.05, 0) is 13.5 Å². The van der Waals surface area contributed by atoms with Crippen molar-refractivity contribution in [3.05, 3.63) is 27.8 Å². The van der Waals surface area contributed by atoms with Crippen LogP contribution in [-0.4, -0.2) is 90.1 Å². The fraction of sp³-hybridized carbons (Fsp3) is 0.579. The van der Waals surface area contributed by atoms with Crippen molar-refractivity contribution in [1.82, 2.24) is 9.21 Å². The van der Waals surface area contributed by atoms with E-state index in [1.807, 2.05) is 18.9 Å². The smallest absolute Gasteiger partial charge is 0.272 e. The molecule has 1 aliphatic rings. The molecule has 11 nitrogen and oxygen atoms in total. The standard InChI is InChI=1S/C19H28N4O7S2/c1-5-7-21(12-13-30-31(4,26)27)19-16(6-2)14-17(23(24)25)15-18(19)32(28,29)22-10-8-20(3)9-11-22/h2,14-15H,5,7-13H2,1,3-4H3. The number of rotatable bonds is 10. The summed E-state index contributed by atoms with van der Waals surface area (Å²) in [5.41, 5.74) is -0.256. The van der Waals surface area contributed by atoms with E-state index in [0.717, 1.165) is 18.4 Å². The molecule has 1 fully saturated rings. The topological polar surface area (TPSA) is 130 Å². The second-order valence-electron chi connectivity index (χ2n) is 7.46. The molecule has 0 radical (unpaired) electrons. The molecule has 13 heteroatoms. The molecule has 1 heterocycles. The van der Waals surface area contributed by atoms with Gasteiger partial charge in [0, 0.05) is 51.4 Å². The van der Waals surface area contributed by atoms with Crippen LogP contribution >= 0.6 is 0 Å². The number of terminal acetylenes is 1. The normalized spacial score (nSPS) is 15.9. The van der Waals surface area contributed by atoms with E-state index in [1.165, 1.54) is 4.31 Å². The first-order valence-corrected chi connectivity index (χ1v) is 13.2. The molecular formula is C19H28N4O7S2. The van der Waals surface area contributed by atoms with Crippen molar-refractivity contribution >= 4 is 31.5 Å². The van der Waals surface area contributed by atoms with Crippen molar-refractivity contribution in [1.29, 1.82) is 0 Å². The van der Waals surface area contributed by atoms with E-state index in [4.69, 9.17) is 10.6 Å². The average molecular weight is 489 g/mol. The molecule has 1 aliphatic heterocycles. The SMILES string of the molecule is C#Cc1cc([N+](=O)[O-])cc(S(=O)(=O)N2CCN(C)CC2)c1N(CCC)CCOS(C)(=O)=O. The summed E-state index contributed by atoms with van der Waals surface area (Å²) in [4.78, 5) is 14.1. The van der Waals surface area contributed by atoms with Gasteiger partial charge < -0.3 is 9.80 Å². The van der Waals surface area contributed by atoms with Gasteiger partial charge in [-0.25, -0.2) is 8.42 Å². The molecule has 0 saturated carbocycles. The van der Waals surface area contributed by atoms with Crippen LogP contribution in [0, 0.1) is 22.5 Å². The molecule has 1 aromatic carbocycles. The number of anilines is 1. The maximum absolute atomic E-state index is 13.6. The first-order chi connectivity index (χ1) is 14.9. The maximum Gasteiger partial charge on any atom is 0.272 e. The summed E-state index contributed by atoms with van der Waals surface area (Å²) in [6, 6.07) is 2.17. The van der Waals surface area contributed by atoms with Crippen molar-refractivity contribution in [3.8, 4) is 12.3 Å². The van der Waals surface area contributed by atoms with Gasteiger partial charge in [-0.1, -0.05) is 12.8 Å². The summed E-state index contributed by atoms with van der Waals surface area (Å²) in [5, 5.41) is 11.5. The lowest BCUT2D eigenvalue weighted by molar-refractivity contribution is -0.385. The summed E-state index contributed by atoms with van der Waals surface area (Å²) in [6.45, 7) is 3.50. The van der Waals surface area contributed by atoms with Crippen LogP contribution in [0.5, 0.6) is 0 Å². The first-order valence-electron chi connectivity index (χ1n) is 9.97. The molecule has 0 N–H and O–H groups in total. The Labute approximate surface area is 189 Å².